The van der Waals surface area contributed by atoms with Crippen molar-refractivity contribution in [1.82, 2.24) is 0 Å². The predicted octanol–water partition coefficient (Wildman–Crippen LogP) is 2.06. The summed E-state index contributed by atoms with van der Waals surface area (Å²) in [5, 5.41) is 0. The molecule has 0 amide bonds. The lowest BCUT2D eigenvalue weighted by molar-refractivity contribution is -0.137. The van der Waals surface area contributed by atoms with Crippen LogP contribution >= 0.6 is 0 Å². The van der Waals surface area contributed by atoms with Crippen molar-refractivity contribution >= 4 is 15.7 Å². The van der Waals surface area contributed by atoms with Crippen molar-refractivity contribution in [2.45, 2.75) is 6.18 Å². The van der Waals surface area contributed by atoms with Crippen LogP contribution in [0, 0.1) is 12.3 Å². The summed E-state index contributed by atoms with van der Waals surface area (Å²) >= 11 is 0. The zero-order chi connectivity index (χ0) is 13.3. The molecule has 92 valence electrons. The van der Waals surface area contributed by atoms with Gasteiger partial charge in [0.25, 0.3) is 0 Å². The maximum absolute atomic E-state index is 12.6. The van der Waals surface area contributed by atoms with Gasteiger partial charge in [0.1, 0.15) is 0 Å². The minimum absolute atomic E-state index is 0.182. The Morgan fingerprint density at radius 3 is 2.35 bits per heavy atom. The Balaban J connectivity index is 3.29. The van der Waals surface area contributed by atoms with E-state index in [2.05, 4.69) is 0 Å². The number of anilines is 1. The highest BCUT2D eigenvalue weighted by molar-refractivity contribution is 7.92. The number of halogens is 3. The summed E-state index contributed by atoms with van der Waals surface area (Å²) in [5.74, 6) is 1.89. The van der Waals surface area contributed by atoms with Crippen LogP contribution < -0.4 is 4.72 Å². The maximum Gasteiger partial charge on any atom is 0.417 e. The van der Waals surface area contributed by atoms with Crippen LogP contribution in [0.15, 0.2) is 18.2 Å². The molecule has 1 N–H and O–H groups in total. The molecule has 1 aromatic carbocycles. The Hall–Kier alpha value is -1.68. The van der Waals surface area contributed by atoms with Gasteiger partial charge in [-0.25, -0.2) is 8.42 Å². The fourth-order valence-corrected chi connectivity index (χ4v) is 1.74. The zero-order valence-corrected chi connectivity index (χ0v) is 9.48. The van der Waals surface area contributed by atoms with Gasteiger partial charge < -0.3 is 0 Å². The highest BCUT2D eigenvalue weighted by Crippen LogP contribution is 2.33. The van der Waals surface area contributed by atoms with E-state index in [1.807, 2.05) is 10.6 Å². The van der Waals surface area contributed by atoms with E-state index in [1.54, 1.807) is 0 Å². The number of rotatable bonds is 2. The molecule has 0 fully saturated rings. The fourth-order valence-electron chi connectivity index (χ4n) is 1.18. The number of hydrogen-bond donors (Lipinski definition) is 1. The molecule has 0 aliphatic carbocycles. The third-order valence-corrected chi connectivity index (χ3v) is 2.39. The van der Waals surface area contributed by atoms with Gasteiger partial charge in [-0.05, 0) is 18.2 Å². The molecular formula is C10H8F3NO2S. The average Bonchev–Trinajstić information content (AvgIpc) is 2.13. The number of hydrogen-bond acceptors (Lipinski definition) is 2. The first-order valence-corrected chi connectivity index (χ1v) is 6.18. The van der Waals surface area contributed by atoms with Crippen molar-refractivity contribution in [1.29, 1.82) is 0 Å². The monoisotopic (exact) mass is 263 g/mol. The molecule has 0 saturated heterocycles. The number of nitrogens with one attached hydrogen (secondary N) is 1. The SMILES string of the molecule is C#Cc1ccc(NS(C)(=O)=O)cc1C(F)(F)F. The van der Waals surface area contributed by atoms with E-state index in [1.165, 1.54) is 6.07 Å². The molecule has 0 aromatic heterocycles. The van der Waals surface area contributed by atoms with Gasteiger partial charge in [0, 0.05) is 11.3 Å². The van der Waals surface area contributed by atoms with Crippen molar-refractivity contribution in [3.05, 3.63) is 29.3 Å². The lowest BCUT2D eigenvalue weighted by Crippen LogP contribution is -2.12. The van der Waals surface area contributed by atoms with Gasteiger partial charge in [0.05, 0.1) is 11.8 Å². The summed E-state index contributed by atoms with van der Waals surface area (Å²) < 4.78 is 61.4. The highest BCUT2D eigenvalue weighted by Gasteiger charge is 2.33. The van der Waals surface area contributed by atoms with E-state index in [4.69, 9.17) is 6.42 Å². The third kappa shape index (κ3) is 3.67. The van der Waals surface area contributed by atoms with Crippen LogP contribution in [0.4, 0.5) is 18.9 Å². The number of alkyl halides is 3. The first kappa shape index (κ1) is 13.4. The third-order valence-electron chi connectivity index (χ3n) is 1.78. The summed E-state index contributed by atoms with van der Waals surface area (Å²) in [6.07, 6.45) is 1.15. The summed E-state index contributed by atoms with van der Waals surface area (Å²) in [6, 6.07) is 2.87. The Morgan fingerprint density at radius 1 is 1.35 bits per heavy atom. The highest BCUT2D eigenvalue weighted by atomic mass is 32.2. The van der Waals surface area contributed by atoms with E-state index >= 15 is 0 Å². The van der Waals surface area contributed by atoms with Crippen LogP contribution in [0.1, 0.15) is 11.1 Å². The van der Waals surface area contributed by atoms with Gasteiger partial charge in [-0.2, -0.15) is 13.2 Å². The second-order valence-corrected chi connectivity index (χ2v) is 5.03. The van der Waals surface area contributed by atoms with Gasteiger partial charge in [0.15, 0.2) is 0 Å². The predicted molar refractivity (Wildman–Crippen MR) is 57.8 cm³/mol. The fraction of sp³-hybridized carbons (Fsp3) is 0.200. The molecule has 0 bridgehead atoms. The Kier molecular flexibility index (Phi) is 3.38. The van der Waals surface area contributed by atoms with Crippen LogP contribution in [-0.2, 0) is 16.2 Å². The summed E-state index contributed by atoms with van der Waals surface area (Å²) in [7, 11) is -3.63. The van der Waals surface area contributed by atoms with Gasteiger partial charge in [-0.3, -0.25) is 4.72 Å². The van der Waals surface area contributed by atoms with Crippen LogP contribution in [0.2, 0.25) is 0 Å². The molecule has 1 aromatic rings. The standard InChI is InChI=1S/C10H8F3NO2S/c1-3-7-4-5-8(14-17(2,15)16)6-9(7)10(11,12)13/h1,4-6,14H,2H3. The van der Waals surface area contributed by atoms with E-state index < -0.39 is 21.8 Å². The van der Waals surface area contributed by atoms with Crippen LogP contribution in [0.3, 0.4) is 0 Å². The molecular weight excluding hydrogens is 255 g/mol. The van der Waals surface area contributed by atoms with Crippen molar-refractivity contribution in [2.24, 2.45) is 0 Å². The lowest BCUT2D eigenvalue weighted by atomic mass is 10.1. The molecule has 0 spiro atoms. The zero-order valence-electron chi connectivity index (χ0n) is 8.67. The molecule has 3 nitrogen and oxygen atoms in total. The largest absolute Gasteiger partial charge is 0.417 e. The minimum Gasteiger partial charge on any atom is -0.284 e. The Morgan fingerprint density at radius 2 is 1.94 bits per heavy atom. The molecule has 7 heteroatoms. The molecule has 0 atom stereocenters. The van der Waals surface area contributed by atoms with Crippen LogP contribution in [-0.4, -0.2) is 14.7 Å². The van der Waals surface area contributed by atoms with Crippen molar-refractivity contribution in [3.8, 4) is 12.3 Å². The quantitative estimate of drug-likeness (QED) is 0.830. The van der Waals surface area contributed by atoms with Gasteiger partial charge in [0.2, 0.25) is 10.0 Å². The van der Waals surface area contributed by atoms with E-state index in [0.29, 0.717) is 6.07 Å². The minimum atomic E-state index is -4.63. The van der Waals surface area contributed by atoms with Crippen LogP contribution in [0.5, 0.6) is 0 Å². The summed E-state index contributed by atoms with van der Waals surface area (Å²) in [4.78, 5) is 0. The van der Waals surface area contributed by atoms with Crippen molar-refractivity contribution < 1.29 is 21.6 Å². The molecule has 1 rings (SSSR count). The average molecular weight is 263 g/mol. The number of terminal acetylenes is 1. The number of benzene rings is 1. The molecule has 0 aliphatic rings. The second kappa shape index (κ2) is 4.30. The first-order valence-electron chi connectivity index (χ1n) is 4.29. The Bertz CT molecular complexity index is 570. The van der Waals surface area contributed by atoms with Gasteiger partial charge in [-0.15, -0.1) is 6.42 Å². The molecule has 0 unspecified atom stereocenters. The smallest absolute Gasteiger partial charge is 0.284 e. The normalized spacial score (nSPS) is 11.9. The molecule has 0 saturated carbocycles. The lowest BCUT2D eigenvalue weighted by Gasteiger charge is -2.11. The summed E-state index contributed by atoms with van der Waals surface area (Å²) in [6.45, 7) is 0. The van der Waals surface area contributed by atoms with E-state index in [0.717, 1.165) is 12.3 Å². The summed E-state index contributed by atoms with van der Waals surface area (Å²) in [5.41, 5.74) is -1.57. The molecule has 17 heavy (non-hydrogen) atoms. The second-order valence-electron chi connectivity index (χ2n) is 3.28. The number of sulfonamides is 1. The Labute approximate surface area is 96.7 Å². The first-order chi connectivity index (χ1) is 7.63. The molecule has 0 heterocycles. The maximum atomic E-state index is 12.6. The van der Waals surface area contributed by atoms with Crippen molar-refractivity contribution in [3.63, 3.8) is 0 Å². The molecule has 0 aliphatic heterocycles. The van der Waals surface area contributed by atoms with E-state index in [-0.39, 0.29) is 11.3 Å². The van der Waals surface area contributed by atoms with E-state index in [9.17, 15) is 21.6 Å². The molecule has 0 radical (unpaired) electrons. The topological polar surface area (TPSA) is 46.2 Å². The van der Waals surface area contributed by atoms with Gasteiger partial charge >= 0.3 is 6.18 Å². The van der Waals surface area contributed by atoms with Crippen molar-refractivity contribution in [2.75, 3.05) is 11.0 Å². The van der Waals surface area contributed by atoms with Gasteiger partial charge in [-0.1, -0.05) is 5.92 Å². The van der Waals surface area contributed by atoms with Crippen LogP contribution in [0.25, 0.3) is 0 Å².